The van der Waals surface area contributed by atoms with Gasteiger partial charge in [0, 0.05) is 12.6 Å². The van der Waals surface area contributed by atoms with Gasteiger partial charge >= 0.3 is 0 Å². The van der Waals surface area contributed by atoms with Crippen molar-refractivity contribution in [1.82, 2.24) is 0 Å². The summed E-state index contributed by atoms with van der Waals surface area (Å²) in [5, 5.41) is 0. The molecule has 90 valence electrons. The molecule has 2 N–H and O–H groups in total. The average Bonchev–Trinajstić information content (AvgIpc) is 2.16. The van der Waals surface area contributed by atoms with Gasteiger partial charge in [0.2, 0.25) is 0 Å². The van der Waals surface area contributed by atoms with Crippen LogP contribution in [0.5, 0.6) is 0 Å². The number of halogens is 2. The van der Waals surface area contributed by atoms with Crippen molar-refractivity contribution in [2.75, 3.05) is 6.54 Å². The molecule has 6 heteroatoms. The minimum absolute atomic E-state index is 0.147. The molecular weight excluding hydrogens is 236 g/mol. The molecule has 0 saturated heterocycles. The normalized spacial score (nSPS) is 12.8. The van der Waals surface area contributed by atoms with Crippen LogP contribution in [0.3, 0.4) is 0 Å². The van der Waals surface area contributed by atoms with Gasteiger partial charge in [-0.1, -0.05) is 0 Å². The third-order valence-electron chi connectivity index (χ3n) is 2.40. The molecule has 0 amide bonds. The van der Waals surface area contributed by atoms with Gasteiger partial charge in [-0.3, -0.25) is 0 Å². The fourth-order valence-electron chi connectivity index (χ4n) is 1.10. The highest BCUT2D eigenvalue weighted by Gasteiger charge is 2.36. The van der Waals surface area contributed by atoms with Gasteiger partial charge in [0.1, 0.15) is 16.5 Å². The van der Waals surface area contributed by atoms with Crippen molar-refractivity contribution in [2.24, 2.45) is 5.73 Å². The Hall–Kier alpha value is -1.01. The van der Waals surface area contributed by atoms with E-state index in [-0.39, 0.29) is 6.54 Å². The summed E-state index contributed by atoms with van der Waals surface area (Å²) in [6.07, 6.45) is 0. The molecule has 1 aromatic rings. The number of rotatable bonds is 3. The second-order valence-corrected chi connectivity index (χ2v) is 6.59. The van der Waals surface area contributed by atoms with E-state index >= 15 is 0 Å². The molecule has 0 bridgehead atoms. The molecule has 1 rings (SSSR count). The smallest absolute Gasteiger partial charge is 0.187 e. The molecule has 0 aliphatic rings. The Morgan fingerprint density at radius 2 is 1.88 bits per heavy atom. The number of sulfone groups is 1. The second-order valence-electron chi connectivity index (χ2n) is 4.04. The molecule has 0 unspecified atom stereocenters. The van der Waals surface area contributed by atoms with Crippen LogP contribution in [-0.2, 0) is 9.84 Å². The van der Waals surface area contributed by atoms with E-state index in [1.54, 1.807) is 0 Å². The highest BCUT2D eigenvalue weighted by Crippen LogP contribution is 2.26. The van der Waals surface area contributed by atoms with Crippen LogP contribution in [-0.4, -0.2) is 19.7 Å². The molecule has 0 heterocycles. The molecule has 0 aliphatic carbocycles. The molecule has 0 fully saturated rings. The molecular formula is C10H13F2NO2S. The molecule has 0 spiro atoms. The van der Waals surface area contributed by atoms with Crippen molar-refractivity contribution in [1.29, 1.82) is 0 Å². The van der Waals surface area contributed by atoms with Crippen LogP contribution in [0.15, 0.2) is 23.1 Å². The SMILES string of the molecule is CC(C)(CN)S(=O)(=O)c1ccc(F)cc1F. The lowest BCUT2D eigenvalue weighted by atomic mass is 10.2. The quantitative estimate of drug-likeness (QED) is 0.825. The molecule has 0 saturated carbocycles. The maximum absolute atomic E-state index is 13.4. The summed E-state index contributed by atoms with van der Waals surface area (Å²) >= 11 is 0. The van der Waals surface area contributed by atoms with Gasteiger partial charge < -0.3 is 5.73 Å². The predicted octanol–water partition coefficient (Wildman–Crippen LogP) is 1.48. The van der Waals surface area contributed by atoms with Crippen molar-refractivity contribution >= 4 is 9.84 Å². The van der Waals surface area contributed by atoms with Crippen molar-refractivity contribution in [3.05, 3.63) is 29.8 Å². The zero-order chi connectivity index (χ0) is 12.6. The Kier molecular flexibility index (Phi) is 3.35. The third kappa shape index (κ3) is 2.08. The molecule has 0 atom stereocenters. The molecule has 16 heavy (non-hydrogen) atoms. The molecule has 0 radical (unpaired) electrons. The lowest BCUT2D eigenvalue weighted by molar-refractivity contribution is 0.525. The Bertz CT molecular complexity index is 498. The summed E-state index contributed by atoms with van der Waals surface area (Å²) in [6, 6.07) is 2.36. The van der Waals surface area contributed by atoms with Crippen molar-refractivity contribution in [3.8, 4) is 0 Å². The van der Waals surface area contributed by atoms with E-state index in [0.717, 1.165) is 12.1 Å². The summed E-state index contributed by atoms with van der Waals surface area (Å²) in [6.45, 7) is 2.64. The highest BCUT2D eigenvalue weighted by atomic mass is 32.2. The minimum Gasteiger partial charge on any atom is -0.329 e. The van der Waals surface area contributed by atoms with Crippen LogP contribution in [0.1, 0.15) is 13.8 Å². The van der Waals surface area contributed by atoms with E-state index in [4.69, 9.17) is 5.73 Å². The lowest BCUT2D eigenvalue weighted by Gasteiger charge is -2.22. The van der Waals surface area contributed by atoms with E-state index < -0.39 is 31.1 Å². The first-order valence-electron chi connectivity index (χ1n) is 4.62. The van der Waals surface area contributed by atoms with E-state index in [0.29, 0.717) is 6.07 Å². The lowest BCUT2D eigenvalue weighted by Crippen LogP contribution is -2.40. The molecule has 3 nitrogen and oxygen atoms in total. The molecule has 0 aliphatic heterocycles. The fraction of sp³-hybridized carbons (Fsp3) is 0.400. The van der Waals surface area contributed by atoms with Gasteiger partial charge in [0.05, 0.1) is 4.75 Å². The first kappa shape index (κ1) is 13.1. The van der Waals surface area contributed by atoms with Gasteiger partial charge in [0.25, 0.3) is 0 Å². The first-order valence-corrected chi connectivity index (χ1v) is 6.10. The summed E-state index contributed by atoms with van der Waals surface area (Å²) in [5.74, 6) is -1.91. The van der Waals surface area contributed by atoms with E-state index in [1.807, 2.05) is 0 Å². The van der Waals surface area contributed by atoms with Crippen LogP contribution in [0.2, 0.25) is 0 Å². The zero-order valence-corrected chi connectivity index (χ0v) is 9.81. The van der Waals surface area contributed by atoms with E-state index in [9.17, 15) is 17.2 Å². The minimum atomic E-state index is -3.90. The maximum atomic E-state index is 13.4. The van der Waals surface area contributed by atoms with E-state index in [1.165, 1.54) is 13.8 Å². The Labute approximate surface area is 93.2 Å². The first-order chi connectivity index (χ1) is 7.22. The van der Waals surface area contributed by atoms with Gasteiger partial charge in [-0.15, -0.1) is 0 Å². The number of hydrogen-bond acceptors (Lipinski definition) is 3. The van der Waals surface area contributed by atoms with Crippen molar-refractivity contribution in [3.63, 3.8) is 0 Å². The van der Waals surface area contributed by atoms with Gasteiger partial charge in [-0.25, -0.2) is 17.2 Å². The van der Waals surface area contributed by atoms with E-state index in [2.05, 4.69) is 0 Å². The molecule has 1 aromatic carbocycles. The third-order valence-corrected chi connectivity index (χ3v) is 4.93. The Balaban J connectivity index is 3.40. The maximum Gasteiger partial charge on any atom is 0.187 e. The van der Waals surface area contributed by atoms with Crippen molar-refractivity contribution < 1.29 is 17.2 Å². The summed E-state index contributed by atoms with van der Waals surface area (Å²) in [5.41, 5.74) is 5.33. The summed E-state index contributed by atoms with van der Waals surface area (Å²) < 4.78 is 48.7. The van der Waals surface area contributed by atoms with Gasteiger partial charge in [-0.05, 0) is 26.0 Å². The molecule has 0 aromatic heterocycles. The Morgan fingerprint density at radius 1 is 1.31 bits per heavy atom. The predicted molar refractivity (Wildman–Crippen MR) is 56.7 cm³/mol. The van der Waals surface area contributed by atoms with Crippen LogP contribution in [0.4, 0.5) is 8.78 Å². The van der Waals surface area contributed by atoms with Gasteiger partial charge in [-0.2, -0.15) is 0 Å². The van der Waals surface area contributed by atoms with Crippen LogP contribution in [0.25, 0.3) is 0 Å². The van der Waals surface area contributed by atoms with Crippen LogP contribution >= 0.6 is 0 Å². The standard InChI is InChI=1S/C10H13F2NO2S/c1-10(2,6-13)16(14,15)9-4-3-7(11)5-8(9)12/h3-5H,6,13H2,1-2H3. The van der Waals surface area contributed by atoms with Gasteiger partial charge in [0.15, 0.2) is 9.84 Å². The van der Waals surface area contributed by atoms with Crippen molar-refractivity contribution in [2.45, 2.75) is 23.5 Å². The number of hydrogen-bond donors (Lipinski definition) is 1. The van der Waals surface area contributed by atoms with Crippen LogP contribution in [0, 0.1) is 11.6 Å². The summed E-state index contributed by atoms with van der Waals surface area (Å²) in [4.78, 5) is -0.524. The zero-order valence-electron chi connectivity index (χ0n) is 9.00. The highest BCUT2D eigenvalue weighted by molar-refractivity contribution is 7.92. The monoisotopic (exact) mass is 249 g/mol. The number of nitrogens with two attached hydrogens (primary N) is 1. The number of benzene rings is 1. The topological polar surface area (TPSA) is 60.2 Å². The fourth-order valence-corrected chi connectivity index (χ4v) is 2.48. The Morgan fingerprint density at radius 3 is 2.31 bits per heavy atom. The largest absolute Gasteiger partial charge is 0.329 e. The average molecular weight is 249 g/mol. The summed E-state index contributed by atoms with van der Waals surface area (Å²) in [7, 11) is -3.90. The van der Waals surface area contributed by atoms with Crippen LogP contribution < -0.4 is 5.73 Å². The second kappa shape index (κ2) is 4.10.